The first-order valence-corrected chi connectivity index (χ1v) is 14.7. The van der Waals surface area contributed by atoms with Gasteiger partial charge in [-0.2, -0.15) is 0 Å². The molecule has 0 spiro atoms. The lowest BCUT2D eigenvalue weighted by molar-refractivity contribution is 0.139. The molecule has 2 aromatic rings. The average molecular weight is 493 g/mol. The van der Waals surface area contributed by atoms with Crippen LogP contribution in [0.1, 0.15) is 107 Å². The quantitative estimate of drug-likeness (QED) is 0.289. The van der Waals surface area contributed by atoms with Gasteiger partial charge in [-0.05, 0) is 118 Å². The summed E-state index contributed by atoms with van der Waals surface area (Å²) in [6.45, 7) is 4.33. The summed E-state index contributed by atoms with van der Waals surface area (Å²) in [5.41, 5.74) is 2.55. The summed E-state index contributed by atoms with van der Waals surface area (Å²) in [7, 11) is 0. The van der Waals surface area contributed by atoms with Crippen molar-refractivity contribution in [3.63, 3.8) is 0 Å². The Hall–Kier alpha value is -1.96. The number of hydrogen-bond donors (Lipinski definition) is 0. The first-order valence-electron chi connectivity index (χ1n) is 14.7. The van der Waals surface area contributed by atoms with E-state index in [1.54, 1.807) is 12.1 Å². The van der Waals surface area contributed by atoms with E-state index in [1.807, 2.05) is 19.1 Å². The van der Waals surface area contributed by atoms with E-state index in [9.17, 15) is 8.78 Å². The maximum absolute atomic E-state index is 14.5. The van der Waals surface area contributed by atoms with Crippen LogP contribution in [0.15, 0.2) is 54.6 Å². The highest BCUT2D eigenvalue weighted by Gasteiger charge is 2.31. The molecule has 4 rings (SSSR count). The molecule has 0 N–H and O–H groups in total. The van der Waals surface area contributed by atoms with Crippen LogP contribution in [0.5, 0.6) is 0 Å². The van der Waals surface area contributed by atoms with E-state index in [1.165, 1.54) is 63.4 Å². The summed E-state index contributed by atoms with van der Waals surface area (Å²) >= 11 is 0. The third kappa shape index (κ3) is 7.53. The molecule has 0 aliphatic heterocycles. The Kier molecular flexibility index (Phi) is 10.2. The minimum absolute atomic E-state index is 0.238. The molecular weight excluding hydrogens is 446 g/mol. The zero-order valence-electron chi connectivity index (χ0n) is 22.5. The second-order valence-corrected chi connectivity index (χ2v) is 11.8. The van der Waals surface area contributed by atoms with Crippen LogP contribution in [-0.2, 0) is 12.8 Å². The highest BCUT2D eigenvalue weighted by atomic mass is 19.1. The standard InChI is InChI=1S/C34H46F2/c1-3-4-6-11-32-33(35)23-28(24-34(32)36)13-12-26-14-18-30(19-15-26)31-20-16-27(17-21-31)22-25(2)29-9-7-5-8-10-29/h3-5,7-10,23-27,30-31H,6,11-22H2,1-2H3/b4-3+. The molecule has 1 unspecified atom stereocenters. The Morgan fingerprint density at radius 2 is 1.39 bits per heavy atom. The molecule has 0 aromatic heterocycles. The Labute approximate surface area is 218 Å². The van der Waals surface area contributed by atoms with Gasteiger partial charge in [-0.15, -0.1) is 0 Å². The predicted molar refractivity (Wildman–Crippen MR) is 148 cm³/mol. The van der Waals surface area contributed by atoms with Crippen molar-refractivity contribution in [2.45, 2.75) is 103 Å². The van der Waals surface area contributed by atoms with E-state index in [-0.39, 0.29) is 17.2 Å². The Bertz CT molecular complexity index is 923. The fraction of sp³-hybridized carbons (Fsp3) is 0.588. The van der Waals surface area contributed by atoms with Crippen molar-refractivity contribution in [3.05, 3.63) is 82.9 Å². The maximum atomic E-state index is 14.5. The van der Waals surface area contributed by atoms with Crippen LogP contribution in [0.2, 0.25) is 0 Å². The Balaban J connectivity index is 1.17. The number of hydrogen-bond acceptors (Lipinski definition) is 0. The number of halogens is 2. The lowest BCUT2D eigenvalue weighted by atomic mass is 9.67. The number of allylic oxidation sites excluding steroid dienone is 2. The zero-order chi connectivity index (χ0) is 25.3. The molecule has 196 valence electrons. The van der Waals surface area contributed by atoms with E-state index in [0.717, 1.165) is 36.2 Å². The molecule has 0 bridgehead atoms. The molecule has 2 saturated carbocycles. The van der Waals surface area contributed by atoms with Gasteiger partial charge >= 0.3 is 0 Å². The molecule has 0 radical (unpaired) electrons. The van der Waals surface area contributed by atoms with Gasteiger partial charge < -0.3 is 0 Å². The number of benzene rings is 2. The third-order valence-corrected chi connectivity index (χ3v) is 9.34. The van der Waals surface area contributed by atoms with Crippen molar-refractivity contribution >= 4 is 0 Å². The first kappa shape index (κ1) is 27.1. The summed E-state index contributed by atoms with van der Waals surface area (Å²) in [6, 6.07) is 14.2. The monoisotopic (exact) mass is 492 g/mol. The molecule has 0 amide bonds. The van der Waals surface area contributed by atoms with Crippen molar-refractivity contribution in [1.29, 1.82) is 0 Å². The average Bonchev–Trinajstić information content (AvgIpc) is 2.90. The summed E-state index contributed by atoms with van der Waals surface area (Å²) in [5, 5.41) is 0. The Morgan fingerprint density at radius 1 is 0.806 bits per heavy atom. The van der Waals surface area contributed by atoms with Gasteiger partial charge in [0.25, 0.3) is 0 Å². The summed E-state index contributed by atoms with van der Waals surface area (Å²) in [6.07, 6.45) is 19.1. The predicted octanol–water partition coefficient (Wildman–Crippen LogP) is 10.2. The van der Waals surface area contributed by atoms with Gasteiger partial charge in [0.15, 0.2) is 0 Å². The second kappa shape index (κ2) is 13.5. The normalized spacial score (nSPS) is 25.8. The van der Waals surface area contributed by atoms with Crippen LogP contribution in [-0.4, -0.2) is 0 Å². The van der Waals surface area contributed by atoms with Crippen molar-refractivity contribution < 1.29 is 8.78 Å². The zero-order valence-corrected chi connectivity index (χ0v) is 22.5. The molecule has 2 fully saturated rings. The molecular formula is C34H46F2. The van der Waals surface area contributed by atoms with Gasteiger partial charge in [-0.25, -0.2) is 8.78 Å². The molecule has 2 aliphatic rings. The van der Waals surface area contributed by atoms with E-state index >= 15 is 0 Å². The minimum Gasteiger partial charge on any atom is -0.207 e. The second-order valence-electron chi connectivity index (χ2n) is 11.8. The van der Waals surface area contributed by atoms with Crippen molar-refractivity contribution in [2.24, 2.45) is 23.7 Å². The lowest BCUT2D eigenvalue weighted by Gasteiger charge is -2.38. The van der Waals surface area contributed by atoms with Crippen molar-refractivity contribution in [2.75, 3.05) is 0 Å². The van der Waals surface area contributed by atoms with E-state index < -0.39 is 0 Å². The first-order chi connectivity index (χ1) is 17.5. The molecule has 2 heteroatoms. The molecule has 36 heavy (non-hydrogen) atoms. The van der Waals surface area contributed by atoms with Gasteiger partial charge in [-0.3, -0.25) is 0 Å². The largest absolute Gasteiger partial charge is 0.207 e. The molecule has 2 aliphatic carbocycles. The fourth-order valence-electron chi connectivity index (χ4n) is 7.07. The maximum Gasteiger partial charge on any atom is 0.129 e. The van der Waals surface area contributed by atoms with Gasteiger partial charge in [0.1, 0.15) is 11.6 Å². The van der Waals surface area contributed by atoms with Crippen LogP contribution in [0, 0.1) is 35.3 Å². The van der Waals surface area contributed by atoms with Crippen LogP contribution in [0.25, 0.3) is 0 Å². The van der Waals surface area contributed by atoms with Gasteiger partial charge in [0.2, 0.25) is 0 Å². The lowest BCUT2D eigenvalue weighted by Crippen LogP contribution is -2.26. The number of rotatable bonds is 10. The summed E-state index contributed by atoms with van der Waals surface area (Å²) < 4.78 is 29.0. The minimum atomic E-state index is -0.369. The molecule has 1 atom stereocenters. The van der Waals surface area contributed by atoms with Gasteiger partial charge in [-0.1, -0.05) is 75.1 Å². The van der Waals surface area contributed by atoms with Crippen LogP contribution >= 0.6 is 0 Å². The van der Waals surface area contributed by atoms with Gasteiger partial charge in [0, 0.05) is 5.56 Å². The highest BCUT2D eigenvalue weighted by Crippen LogP contribution is 2.44. The summed E-state index contributed by atoms with van der Waals surface area (Å²) in [5.74, 6) is 3.36. The topological polar surface area (TPSA) is 0 Å². The molecule has 0 saturated heterocycles. The van der Waals surface area contributed by atoms with Crippen molar-refractivity contribution in [1.82, 2.24) is 0 Å². The van der Waals surface area contributed by atoms with E-state index in [0.29, 0.717) is 24.7 Å². The van der Waals surface area contributed by atoms with E-state index in [2.05, 4.69) is 37.3 Å². The SMILES string of the molecule is C/C=C/CCc1c(F)cc(CCC2CCC(C3CCC(CC(C)c4ccccc4)CC3)CC2)cc1F. The van der Waals surface area contributed by atoms with Gasteiger partial charge in [0.05, 0.1) is 0 Å². The Morgan fingerprint density at radius 3 is 1.97 bits per heavy atom. The third-order valence-electron chi connectivity index (χ3n) is 9.34. The fourth-order valence-corrected chi connectivity index (χ4v) is 7.07. The number of aryl methyl sites for hydroxylation is 1. The van der Waals surface area contributed by atoms with Crippen molar-refractivity contribution in [3.8, 4) is 0 Å². The van der Waals surface area contributed by atoms with E-state index in [4.69, 9.17) is 0 Å². The summed E-state index contributed by atoms with van der Waals surface area (Å²) in [4.78, 5) is 0. The highest BCUT2D eigenvalue weighted by molar-refractivity contribution is 5.27. The van der Waals surface area contributed by atoms with Crippen LogP contribution in [0.4, 0.5) is 8.78 Å². The molecule has 0 nitrogen and oxygen atoms in total. The van der Waals surface area contributed by atoms with Crippen LogP contribution in [0.3, 0.4) is 0 Å². The molecule has 2 aromatic carbocycles. The van der Waals surface area contributed by atoms with Crippen LogP contribution < -0.4 is 0 Å². The smallest absolute Gasteiger partial charge is 0.129 e. The molecule has 0 heterocycles.